The van der Waals surface area contributed by atoms with E-state index in [1.807, 2.05) is 12.1 Å². The topological polar surface area (TPSA) is 42.2 Å². The number of hydrogen-bond acceptors (Lipinski definition) is 3. The summed E-state index contributed by atoms with van der Waals surface area (Å²) in [5, 5.41) is 0. The second-order valence-electron chi connectivity index (χ2n) is 4.09. The monoisotopic (exact) mass is 191 g/mol. The fraction of sp³-hybridized carbons (Fsp3) is 0.545. The minimum Gasteiger partial charge on any atom is -0.384 e. The largest absolute Gasteiger partial charge is 0.384 e. The zero-order chi connectivity index (χ0) is 9.97. The van der Waals surface area contributed by atoms with Crippen LogP contribution in [0.4, 0.5) is 5.82 Å². The molecule has 0 saturated heterocycles. The summed E-state index contributed by atoms with van der Waals surface area (Å²) in [5.74, 6) is 0.615. The minimum absolute atomic E-state index is 0.615. The van der Waals surface area contributed by atoms with Crippen molar-refractivity contribution in [3.8, 4) is 0 Å². The molecule has 14 heavy (non-hydrogen) atoms. The van der Waals surface area contributed by atoms with Crippen molar-refractivity contribution in [3.63, 3.8) is 0 Å². The van der Waals surface area contributed by atoms with E-state index in [0.717, 1.165) is 12.6 Å². The van der Waals surface area contributed by atoms with Crippen molar-refractivity contribution < 1.29 is 0 Å². The van der Waals surface area contributed by atoms with E-state index in [1.165, 1.54) is 24.8 Å². The first-order valence-corrected chi connectivity index (χ1v) is 5.16. The fourth-order valence-corrected chi connectivity index (χ4v) is 1.84. The number of hydrogen-bond donors (Lipinski definition) is 1. The molecule has 3 heteroatoms. The molecular weight excluding hydrogens is 174 g/mol. The van der Waals surface area contributed by atoms with Crippen LogP contribution in [0.15, 0.2) is 18.3 Å². The normalized spacial score (nSPS) is 17.0. The van der Waals surface area contributed by atoms with Crippen molar-refractivity contribution in [2.75, 3.05) is 12.8 Å². The summed E-state index contributed by atoms with van der Waals surface area (Å²) < 4.78 is 0. The number of nitrogen functional groups attached to an aromatic ring is 1. The first-order chi connectivity index (χ1) is 6.75. The second-order valence-corrected chi connectivity index (χ2v) is 4.09. The van der Waals surface area contributed by atoms with Crippen LogP contribution in [-0.2, 0) is 6.54 Å². The molecule has 1 fully saturated rings. The van der Waals surface area contributed by atoms with Gasteiger partial charge < -0.3 is 5.73 Å². The third kappa shape index (κ3) is 2.04. The summed E-state index contributed by atoms with van der Waals surface area (Å²) in [6.07, 6.45) is 5.85. The average molecular weight is 191 g/mol. The van der Waals surface area contributed by atoms with Crippen LogP contribution < -0.4 is 5.73 Å². The maximum atomic E-state index is 5.63. The van der Waals surface area contributed by atoms with Crippen molar-refractivity contribution in [1.82, 2.24) is 9.88 Å². The Hall–Kier alpha value is -1.09. The van der Waals surface area contributed by atoms with Gasteiger partial charge in [0.05, 0.1) is 0 Å². The third-order valence-electron chi connectivity index (χ3n) is 2.98. The van der Waals surface area contributed by atoms with Gasteiger partial charge in [0, 0.05) is 18.8 Å². The highest BCUT2D eigenvalue weighted by Crippen LogP contribution is 2.24. The standard InChI is InChI=1S/C11H17N3/c1-14(10-3-2-4-10)8-9-5-6-13-11(12)7-9/h5-7,10H,2-4,8H2,1H3,(H2,12,13). The fourth-order valence-electron chi connectivity index (χ4n) is 1.84. The summed E-state index contributed by atoms with van der Waals surface area (Å²) in [5.41, 5.74) is 6.88. The molecule has 2 N–H and O–H groups in total. The molecule has 1 aliphatic carbocycles. The van der Waals surface area contributed by atoms with Gasteiger partial charge in [-0.3, -0.25) is 4.90 Å². The van der Waals surface area contributed by atoms with Crippen molar-refractivity contribution in [1.29, 1.82) is 0 Å². The highest BCUT2D eigenvalue weighted by atomic mass is 15.1. The van der Waals surface area contributed by atoms with E-state index in [1.54, 1.807) is 6.20 Å². The molecule has 1 heterocycles. The molecule has 0 radical (unpaired) electrons. The smallest absolute Gasteiger partial charge is 0.123 e. The molecule has 3 nitrogen and oxygen atoms in total. The van der Waals surface area contributed by atoms with Crippen LogP contribution in [0, 0.1) is 0 Å². The van der Waals surface area contributed by atoms with Crippen LogP contribution in [0.3, 0.4) is 0 Å². The molecule has 0 unspecified atom stereocenters. The number of pyridine rings is 1. The number of nitrogens with two attached hydrogens (primary N) is 1. The van der Waals surface area contributed by atoms with E-state index in [0.29, 0.717) is 5.82 Å². The van der Waals surface area contributed by atoms with E-state index in [9.17, 15) is 0 Å². The summed E-state index contributed by atoms with van der Waals surface area (Å²) in [7, 11) is 2.18. The Bertz CT molecular complexity index is 307. The van der Waals surface area contributed by atoms with Gasteiger partial charge in [-0.2, -0.15) is 0 Å². The van der Waals surface area contributed by atoms with Gasteiger partial charge in [0.15, 0.2) is 0 Å². The highest BCUT2D eigenvalue weighted by Gasteiger charge is 2.21. The molecule has 1 aliphatic rings. The average Bonchev–Trinajstić information content (AvgIpc) is 1.99. The maximum Gasteiger partial charge on any atom is 0.123 e. The van der Waals surface area contributed by atoms with E-state index in [2.05, 4.69) is 16.9 Å². The zero-order valence-corrected chi connectivity index (χ0v) is 8.61. The molecule has 0 aliphatic heterocycles. The van der Waals surface area contributed by atoms with Gasteiger partial charge in [0.25, 0.3) is 0 Å². The van der Waals surface area contributed by atoms with Gasteiger partial charge in [-0.15, -0.1) is 0 Å². The van der Waals surface area contributed by atoms with Crippen molar-refractivity contribution in [2.24, 2.45) is 0 Å². The second kappa shape index (κ2) is 3.96. The zero-order valence-electron chi connectivity index (χ0n) is 8.61. The van der Waals surface area contributed by atoms with Crippen molar-refractivity contribution in [3.05, 3.63) is 23.9 Å². The number of anilines is 1. The SMILES string of the molecule is CN(Cc1ccnc(N)c1)C1CCC1. The molecule has 0 atom stereocenters. The lowest BCUT2D eigenvalue weighted by atomic mass is 9.91. The molecule has 1 saturated carbocycles. The molecule has 1 aromatic heterocycles. The molecule has 0 aromatic carbocycles. The summed E-state index contributed by atoms with van der Waals surface area (Å²) >= 11 is 0. The van der Waals surface area contributed by atoms with Crippen LogP contribution >= 0.6 is 0 Å². The number of rotatable bonds is 3. The predicted molar refractivity (Wildman–Crippen MR) is 57.8 cm³/mol. The molecule has 2 rings (SSSR count). The van der Waals surface area contributed by atoms with E-state index >= 15 is 0 Å². The third-order valence-corrected chi connectivity index (χ3v) is 2.98. The Morgan fingerprint density at radius 2 is 2.36 bits per heavy atom. The first kappa shape index (κ1) is 9.46. The van der Waals surface area contributed by atoms with E-state index in [4.69, 9.17) is 5.73 Å². The molecule has 0 bridgehead atoms. The van der Waals surface area contributed by atoms with Gasteiger partial charge in [0.2, 0.25) is 0 Å². The lowest BCUT2D eigenvalue weighted by Crippen LogP contribution is -2.36. The van der Waals surface area contributed by atoms with Crippen LogP contribution in [0.1, 0.15) is 24.8 Å². The Morgan fingerprint density at radius 3 is 2.93 bits per heavy atom. The quantitative estimate of drug-likeness (QED) is 0.790. The van der Waals surface area contributed by atoms with Crippen molar-refractivity contribution >= 4 is 5.82 Å². The lowest BCUT2D eigenvalue weighted by Gasteiger charge is -2.34. The van der Waals surface area contributed by atoms with Crippen LogP contribution in [-0.4, -0.2) is 23.0 Å². The Labute approximate surface area is 84.9 Å². The minimum atomic E-state index is 0.615. The summed E-state index contributed by atoms with van der Waals surface area (Å²) in [4.78, 5) is 6.39. The van der Waals surface area contributed by atoms with E-state index in [-0.39, 0.29) is 0 Å². The lowest BCUT2D eigenvalue weighted by molar-refractivity contribution is 0.152. The maximum absolute atomic E-state index is 5.63. The Kier molecular flexibility index (Phi) is 2.68. The van der Waals surface area contributed by atoms with Gasteiger partial charge in [0.1, 0.15) is 5.82 Å². The highest BCUT2D eigenvalue weighted by molar-refractivity contribution is 5.31. The predicted octanol–water partition coefficient (Wildman–Crippen LogP) is 1.65. The molecule has 1 aromatic rings. The Balaban J connectivity index is 1.95. The summed E-state index contributed by atoms with van der Waals surface area (Å²) in [6.45, 7) is 0.984. The van der Waals surface area contributed by atoms with Gasteiger partial charge >= 0.3 is 0 Å². The van der Waals surface area contributed by atoms with Gasteiger partial charge in [-0.05, 0) is 37.6 Å². The van der Waals surface area contributed by atoms with Crippen molar-refractivity contribution in [2.45, 2.75) is 31.8 Å². The Morgan fingerprint density at radius 1 is 1.57 bits per heavy atom. The van der Waals surface area contributed by atoms with Crippen LogP contribution in [0.2, 0.25) is 0 Å². The van der Waals surface area contributed by atoms with Gasteiger partial charge in [-0.25, -0.2) is 4.98 Å². The first-order valence-electron chi connectivity index (χ1n) is 5.16. The molecule has 0 spiro atoms. The van der Waals surface area contributed by atoms with Crippen LogP contribution in [0.5, 0.6) is 0 Å². The number of aromatic nitrogens is 1. The number of nitrogens with zero attached hydrogens (tertiary/aromatic N) is 2. The van der Waals surface area contributed by atoms with Gasteiger partial charge in [-0.1, -0.05) is 6.42 Å². The molecule has 76 valence electrons. The molecular formula is C11H17N3. The molecule has 0 amide bonds. The van der Waals surface area contributed by atoms with Crippen LogP contribution in [0.25, 0.3) is 0 Å². The van der Waals surface area contributed by atoms with E-state index < -0.39 is 0 Å². The summed E-state index contributed by atoms with van der Waals surface area (Å²) in [6, 6.07) is 4.77.